The van der Waals surface area contributed by atoms with Crippen molar-refractivity contribution in [3.05, 3.63) is 35.5 Å². The van der Waals surface area contributed by atoms with Crippen LogP contribution in [-0.2, 0) is 27.2 Å². The number of aromatic nitrogens is 1. The zero-order chi connectivity index (χ0) is 19.3. The van der Waals surface area contributed by atoms with Gasteiger partial charge in [-0.05, 0) is 36.8 Å². The molecule has 0 radical (unpaired) electrons. The molecule has 0 bridgehead atoms. The molecule has 1 aliphatic carbocycles. The minimum absolute atomic E-state index is 0.0193. The summed E-state index contributed by atoms with van der Waals surface area (Å²) in [4.78, 5) is 6.01. The van der Waals surface area contributed by atoms with Gasteiger partial charge in [0.15, 0.2) is 0 Å². The van der Waals surface area contributed by atoms with E-state index in [1.54, 1.807) is 14.2 Å². The smallest absolute Gasteiger partial charge is 0.109 e. The molecule has 3 heterocycles. The second-order valence-electron chi connectivity index (χ2n) is 8.62. The molecule has 1 saturated heterocycles. The number of H-pyrrole nitrogens is 1. The van der Waals surface area contributed by atoms with Crippen molar-refractivity contribution in [3.63, 3.8) is 0 Å². The van der Waals surface area contributed by atoms with E-state index in [-0.39, 0.29) is 24.2 Å². The van der Waals surface area contributed by atoms with Gasteiger partial charge in [0.05, 0.1) is 31.5 Å². The molecular weight excluding hydrogens is 356 g/mol. The summed E-state index contributed by atoms with van der Waals surface area (Å²) in [5.74, 6) is 0.181. The molecule has 28 heavy (non-hydrogen) atoms. The molecule has 1 aromatic carbocycles. The van der Waals surface area contributed by atoms with Crippen LogP contribution in [0.2, 0.25) is 0 Å². The van der Waals surface area contributed by atoms with Crippen molar-refractivity contribution in [2.75, 3.05) is 34.0 Å². The standard InChI is InChI=1S/C22H30N2O4/c1-26-12-15-9-14-10-20(27-2)21(22(14,25)13-28-15)24-8-7-17-16-5-3-4-6-18(16)23-19(17)11-24/h3-6,14-15,20-21,23,25H,7-13H2,1-2H3/t14-,15+,20+,21-,22-/m0/s1. The van der Waals surface area contributed by atoms with Gasteiger partial charge in [-0.1, -0.05) is 18.2 Å². The summed E-state index contributed by atoms with van der Waals surface area (Å²) in [6.45, 7) is 2.67. The second kappa shape index (κ2) is 7.11. The summed E-state index contributed by atoms with van der Waals surface area (Å²) in [7, 11) is 3.47. The van der Waals surface area contributed by atoms with Gasteiger partial charge in [0, 0.05) is 43.9 Å². The first-order chi connectivity index (χ1) is 13.6. The van der Waals surface area contributed by atoms with Crippen LogP contribution in [0.3, 0.4) is 0 Å². The van der Waals surface area contributed by atoms with Crippen molar-refractivity contribution < 1.29 is 19.3 Å². The van der Waals surface area contributed by atoms with E-state index >= 15 is 0 Å². The molecule has 3 aliphatic rings. The van der Waals surface area contributed by atoms with E-state index in [0.717, 1.165) is 32.4 Å². The fraction of sp³-hybridized carbons (Fsp3) is 0.636. The number of benzene rings is 1. The molecule has 152 valence electrons. The highest BCUT2D eigenvalue weighted by Gasteiger charge is 2.59. The number of nitrogens with one attached hydrogen (secondary N) is 1. The Kier molecular flexibility index (Phi) is 4.72. The van der Waals surface area contributed by atoms with E-state index in [9.17, 15) is 5.11 Å². The Hall–Kier alpha value is -1.44. The van der Waals surface area contributed by atoms with Crippen LogP contribution in [0.5, 0.6) is 0 Å². The molecule has 6 nitrogen and oxygen atoms in total. The van der Waals surface area contributed by atoms with Gasteiger partial charge in [0.25, 0.3) is 0 Å². The molecular formula is C22H30N2O4. The topological polar surface area (TPSA) is 67.0 Å². The van der Waals surface area contributed by atoms with Gasteiger partial charge in [-0.25, -0.2) is 0 Å². The van der Waals surface area contributed by atoms with Crippen LogP contribution >= 0.6 is 0 Å². The molecule has 1 aromatic heterocycles. The number of hydrogen-bond acceptors (Lipinski definition) is 5. The summed E-state index contributed by atoms with van der Waals surface area (Å²) in [6.07, 6.45) is 2.77. The summed E-state index contributed by atoms with van der Waals surface area (Å²) < 4.78 is 17.2. The van der Waals surface area contributed by atoms with Crippen molar-refractivity contribution in [3.8, 4) is 0 Å². The Balaban J connectivity index is 1.42. The zero-order valence-corrected chi connectivity index (χ0v) is 16.7. The van der Waals surface area contributed by atoms with Crippen LogP contribution in [0.4, 0.5) is 0 Å². The van der Waals surface area contributed by atoms with Gasteiger partial charge in [-0.3, -0.25) is 4.90 Å². The van der Waals surface area contributed by atoms with Crippen molar-refractivity contribution in [2.24, 2.45) is 5.92 Å². The second-order valence-corrected chi connectivity index (χ2v) is 8.62. The summed E-state index contributed by atoms with van der Waals surface area (Å²) >= 11 is 0. The van der Waals surface area contributed by atoms with Crippen molar-refractivity contribution >= 4 is 10.9 Å². The van der Waals surface area contributed by atoms with E-state index < -0.39 is 5.60 Å². The lowest BCUT2D eigenvalue weighted by atomic mass is 9.81. The fourth-order valence-corrected chi connectivity index (χ4v) is 5.85. The predicted octanol–water partition coefficient (Wildman–Crippen LogP) is 2.10. The Morgan fingerprint density at radius 1 is 1.29 bits per heavy atom. The molecule has 2 fully saturated rings. The lowest BCUT2D eigenvalue weighted by Gasteiger charge is -2.46. The fourth-order valence-electron chi connectivity index (χ4n) is 5.85. The highest BCUT2D eigenvalue weighted by Crippen LogP contribution is 2.47. The third-order valence-electron chi connectivity index (χ3n) is 7.15. The maximum absolute atomic E-state index is 11.7. The Morgan fingerprint density at radius 3 is 2.96 bits per heavy atom. The van der Waals surface area contributed by atoms with Crippen molar-refractivity contribution in [2.45, 2.75) is 49.7 Å². The van der Waals surface area contributed by atoms with Crippen LogP contribution in [0, 0.1) is 5.92 Å². The number of hydrogen-bond donors (Lipinski definition) is 2. The maximum Gasteiger partial charge on any atom is 0.109 e. The van der Waals surface area contributed by atoms with Gasteiger partial charge < -0.3 is 24.3 Å². The molecule has 0 unspecified atom stereocenters. The third kappa shape index (κ3) is 2.82. The van der Waals surface area contributed by atoms with E-state index in [4.69, 9.17) is 14.2 Å². The van der Waals surface area contributed by atoms with Crippen LogP contribution in [-0.4, -0.2) is 72.8 Å². The highest BCUT2D eigenvalue weighted by molar-refractivity contribution is 5.84. The first-order valence-electron chi connectivity index (χ1n) is 10.3. The van der Waals surface area contributed by atoms with Crippen LogP contribution in [0.1, 0.15) is 24.1 Å². The summed E-state index contributed by atoms with van der Waals surface area (Å²) in [5, 5.41) is 13.0. The quantitative estimate of drug-likeness (QED) is 0.842. The number of para-hydroxylation sites is 1. The lowest BCUT2D eigenvalue weighted by molar-refractivity contribution is -0.182. The molecule has 6 heteroatoms. The molecule has 2 aliphatic heterocycles. The van der Waals surface area contributed by atoms with Crippen molar-refractivity contribution in [1.82, 2.24) is 9.88 Å². The monoisotopic (exact) mass is 386 g/mol. The number of aromatic amines is 1. The number of methoxy groups -OCH3 is 2. The van der Waals surface area contributed by atoms with Gasteiger partial charge in [-0.2, -0.15) is 0 Å². The van der Waals surface area contributed by atoms with E-state index in [1.165, 1.54) is 22.2 Å². The first-order valence-corrected chi connectivity index (χ1v) is 10.3. The average Bonchev–Trinajstić information content (AvgIpc) is 3.22. The van der Waals surface area contributed by atoms with Gasteiger partial charge >= 0.3 is 0 Å². The van der Waals surface area contributed by atoms with Gasteiger partial charge in [-0.15, -0.1) is 0 Å². The third-order valence-corrected chi connectivity index (χ3v) is 7.15. The predicted molar refractivity (Wildman–Crippen MR) is 106 cm³/mol. The number of fused-ring (bicyclic) bond motifs is 4. The van der Waals surface area contributed by atoms with Gasteiger partial charge in [0.2, 0.25) is 0 Å². The molecule has 1 saturated carbocycles. The first kappa shape index (κ1) is 18.6. The molecule has 0 amide bonds. The minimum Gasteiger partial charge on any atom is -0.385 e. The molecule has 0 spiro atoms. The average molecular weight is 386 g/mol. The minimum atomic E-state index is -0.867. The number of nitrogens with zero attached hydrogens (tertiary/aromatic N) is 1. The summed E-state index contributed by atoms with van der Waals surface area (Å²) in [5.41, 5.74) is 3.02. The Morgan fingerprint density at radius 2 is 2.14 bits per heavy atom. The maximum atomic E-state index is 11.7. The van der Waals surface area contributed by atoms with Gasteiger partial charge in [0.1, 0.15) is 5.60 Å². The largest absolute Gasteiger partial charge is 0.385 e. The molecule has 2 N–H and O–H groups in total. The lowest BCUT2D eigenvalue weighted by Crippen LogP contribution is -2.61. The SMILES string of the molecule is COC[C@H]1C[C@H]2C[C@@H](OC)[C@H](N3CCc4c([nH]c5ccccc45)C3)[C@]2(O)CO1. The van der Waals surface area contributed by atoms with Crippen LogP contribution in [0.25, 0.3) is 10.9 Å². The van der Waals surface area contributed by atoms with Crippen LogP contribution < -0.4 is 0 Å². The molecule has 5 atom stereocenters. The molecule has 2 aromatic rings. The number of ether oxygens (including phenoxy) is 3. The van der Waals surface area contributed by atoms with Crippen molar-refractivity contribution in [1.29, 1.82) is 0 Å². The number of rotatable bonds is 4. The zero-order valence-electron chi connectivity index (χ0n) is 16.7. The van der Waals surface area contributed by atoms with E-state index in [1.807, 2.05) is 0 Å². The van der Waals surface area contributed by atoms with E-state index in [2.05, 4.69) is 34.1 Å². The van der Waals surface area contributed by atoms with E-state index in [0.29, 0.717) is 13.2 Å². The Bertz CT molecular complexity index is 852. The number of aliphatic hydroxyl groups is 1. The highest BCUT2D eigenvalue weighted by atomic mass is 16.5. The Labute approximate surface area is 165 Å². The normalized spacial score (nSPS) is 35.8. The molecule has 5 rings (SSSR count). The van der Waals surface area contributed by atoms with Crippen LogP contribution in [0.15, 0.2) is 24.3 Å². The summed E-state index contributed by atoms with van der Waals surface area (Å²) in [6, 6.07) is 8.46.